The van der Waals surface area contributed by atoms with Crippen LogP contribution < -0.4 is 5.48 Å². The van der Waals surface area contributed by atoms with Crippen LogP contribution in [0.2, 0.25) is 0 Å². The number of hydrogen-bond acceptors (Lipinski definition) is 5. The van der Waals surface area contributed by atoms with Crippen molar-refractivity contribution in [1.29, 1.82) is 0 Å². The lowest BCUT2D eigenvalue weighted by molar-refractivity contribution is -0.144. The Morgan fingerprint density at radius 2 is 2.05 bits per heavy atom. The molecule has 2 aliphatic heterocycles. The van der Waals surface area contributed by atoms with Gasteiger partial charge in [-0.15, -0.1) is 0 Å². The molecule has 2 saturated heterocycles. The zero-order chi connectivity index (χ0) is 13.7. The Kier molecular flexibility index (Phi) is 4.94. The number of carboxylic acid groups (broad SMARTS) is 1. The third kappa shape index (κ3) is 4.05. The Morgan fingerprint density at radius 1 is 1.32 bits per heavy atom. The number of urea groups is 1. The van der Waals surface area contributed by atoms with Gasteiger partial charge in [-0.3, -0.25) is 9.74 Å². The number of ether oxygens (including phenoxy) is 1. The first-order valence-electron chi connectivity index (χ1n) is 6.37. The van der Waals surface area contributed by atoms with Crippen LogP contribution in [0.15, 0.2) is 0 Å². The average molecular weight is 273 g/mol. The van der Waals surface area contributed by atoms with Crippen LogP contribution in [0.4, 0.5) is 4.79 Å². The van der Waals surface area contributed by atoms with Gasteiger partial charge in [0, 0.05) is 32.2 Å². The normalized spacial score (nSPS) is 24.4. The smallest absolute Gasteiger partial charge is 0.341 e. The number of nitrogens with one attached hydrogen (secondary N) is 1. The van der Waals surface area contributed by atoms with Gasteiger partial charge in [0.15, 0.2) is 6.61 Å². The first-order valence-corrected chi connectivity index (χ1v) is 6.37. The highest BCUT2D eigenvalue weighted by Gasteiger charge is 2.31. The summed E-state index contributed by atoms with van der Waals surface area (Å²) >= 11 is 0. The number of likely N-dealkylation sites (tertiary alicyclic amines) is 1. The van der Waals surface area contributed by atoms with Crippen LogP contribution in [0, 0.1) is 0 Å². The molecule has 2 aliphatic rings. The van der Waals surface area contributed by atoms with Gasteiger partial charge in [0.1, 0.15) is 0 Å². The van der Waals surface area contributed by atoms with Crippen LogP contribution in [0.25, 0.3) is 0 Å². The summed E-state index contributed by atoms with van der Waals surface area (Å²) in [5, 5.41) is 8.40. The molecule has 0 aliphatic carbocycles. The zero-order valence-corrected chi connectivity index (χ0v) is 10.7. The summed E-state index contributed by atoms with van der Waals surface area (Å²) in [7, 11) is 0. The van der Waals surface area contributed by atoms with Crippen molar-refractivity contribution in [1.82, 2.24) is 15.3 Å². The summed E-state index contributed by atoms with van der Waals surface area (Å²) in [5.41, 5.74) is 2.14. The fourth-order valence-corrected chi connectivity index (χ4v) is 2.39. The van der Waals surface area contributed by atoms with Gasteiger partial charge in [0.05, 0.1) is 13.2 Å². The Labute approximate surface area is 111 Å². The topological polar surface area (TPSA) is 91.3 Å². The van der Waals surface area contributed by atoms with E-state index in [1.807, 2.05) is 0 Å². The molecule has 0 aromatic carbocycles. The summed E-state index contributed by atoms with van der Waals surface area (Å²) in [6.45, 7) is 4.04. The maximum atomic E-state index is 11.7. The second-order valence-corrected chi connectivity index (χ2v) is 4.63. The summed E-state index contributed by atoms with van der Waals surface area (Å²) in [4.78, 5) is 30.5. The largest absolute Gasteiger partial charge is 0.479 e. The minimum Gasteiger partial charge on any atom is -0.479 e. The van der Waals surface area contributed by atoms with E-state index in [4.69, 9.17) is 9.84 Å². The van der Waals surface area contributed by atoms with Gasteiger partial charge in [-0.2, -0.15) is 0 Å². The van der Waals surface area contributed by atoms with Crippen molar-refractivity contribution in [3.05, 3.63) is 0 Å². The molecule has 2 heterocycles. The van der Waals surface area contributed by atoms with Crippen molar-refractivity contribution in [3.8, 4) is 0 Å². The second kappa shape index (κ2) is 6.69. The molecule has 0 saturated carbocycles. The van der Waals surface area contributed by atoms with Gasteiger partial charge in [-0.05, 0) is 6.42 Å². The Morgan fingerprint density at radius 3 is 2.74 bits per heavy atom. The predicted octanol–water partition coefficient (Wildman–Crippen LogP) is -0.881. The van der Waals surface area contributed by atoms with E-state index in [1.54, 1.807) is 4.90 Å². The first-order chi connectivity index (χ1) is 9.16. The summed E-state index contributed by atoms with van der Waals surface area (Å²) in [6.07, 6.45) is 0.923. The monoisotopic (exact) mass is 273 g/mol. The lowest BCUT2D eigenvalue weighted by Gasteiger charge is -2.31. The molecular weight excluding hydrogens is 254 g/mol. The average Bonchev–Trinajstić information content (AvgIpc) is 2.89. The molecule has 1 atom stereocenters. The third-order valence-corrected chi connectivity index (χ3v) is 3.37. The molecule has 2 fully saturated rings. The van der Waals surface area contributed by atoms with Crippen molar-refractivity contribution >= 4 is 12.0 Å². The van der Waals surface area contributed by atoms with Crippen molar-refractivity contribution in [2.75, 3.05) is 46.0 Å². The van der Waals surface area contributed by atoms with Crippen molar-refractivity contribution < 1.29 is 24.3 Å². The molecule has 2 N–H and O–H groups in total. The Bertz CT molecular complexity index is 332. The van der Waals surface area contributed by atoms with Crippen LogP contribution >= 0.6 is 0 Å². The quantitative estimate of drug-likeness (QED) is 0.646. The summed E-state index contributed by atoms with van der Waals surface area (Å²) in [5.74, 6) is -1.12. The fraction of sp³-hybridized carbons (Fsp3) is 0.818. The van der Waals surface area contributed by atoms with Gasteiger partial charge in [0.2, 0.25) is 0 Å². The standard InChI is InChI=1S/C11H19N3O5/c15-10(16)8-19-12-11(17)14-2-1-9(7-14)13-3-5-18-6-4-13/h9H,1-8H2,(H,12,17)(H,15,16). The lowest BCUT2D eigenvalue weighted by atomic mass is 10.2. The van der Waals surface area contributed by atoms with E-state index in [-0.39, 0.29) is 6.03 Å². The number of nitrogens with zero attached hydrogens (tertiary/aromatic N) is 2. The molecule has 1 unspecified atom stereocenters. The minimum atomic E-state index is -1.12. The highest BCUT2D eigenvalue weighted by molar-refractivity contribution is 5.74. The van der Waals surface area contributed by atoms with Crippen LogP contribution in [-0.2, 0) is 14.4 Å². The van der Waals surface area contributed by atoms with Gasteiger partial charge in [0.25, 0.3) is 0 Å². The van der Waals surface area contributed by atoms with E-state index in [0.29, 0.717) is 19.1 Å². The van der Waals surface area contributed by atoms with E-state index >= 15 is 0 Å². The molecule has 2 rings (SSSR count). The van der Waals surface area contributed by atoms with Crippen molar-refractivity contribution in [2.45, 2.75) is 12.5 Å². The number of hydrogen-bond donors (Lipinski definition) is 2. The lowest BCUT2D eigenvalue weighted by Crippen LogP contribution is -2.46. The number of carboxylic acids is 1. The summed E-state index contributed by atoms with van der Waals surface area (Å²) < 4.78 is 5.30. The Balaban J connectivity index is 1.71. The number of carbonyl (C=O) groups excluding carboxylic acids is 1. The molecule has 19 heavy (non-hydrogen) atoms. The van der Waals surface area contributed by atoms with E-state index in [2.05, 4.69) is 15.2 Å². The maximum Gasteiger partial charge on any atom is 0.341 e. The van der Waals surface area contributed by atoms with Gasteiger partial charge in [-0.25, -0.2) is 15.1 Å². The fourth-order valence-electron chi connectivity index (χ4n) is 2.39. The number of carbonyl (C=O) groups is 2. The molecule has 0 radical (unpaired) electrons. The molecule has 0 aromatic heterocycles. The molecule has 0 bridgehead atoms. The van der Waals surface area contributed by atoms with E-state index in [1.165, 1.54) is 0 Å². The molecule has 108 valence electrons. The Hall–Kier alpha value is -1.38. The molecule has 0 spiro atoms. The highest BCUT2D eigenvalue weighted by Crippen LogP contribution is 2.16. The number of hydroxylamine groups is 1. The van der Waals surface area contributed by atoms with Crippen LogP contribution in [0.5, 0.6) is 0 Å². The molecule has 8 nitrogen and oxygen atoms in total. The van der Waals surface area contributed by atoms with Crippen LogP contribution in [0.3, 0.4) is 0 Å². The van der Waals surface area contributed by atoms with Crippen molar-refractivity contribution in [3.63, 3.8) is 0 Å². The molecular formula is C11H19N3O5. The van der Waals surface area contributed by atoms with Crippen LogP contribution in [-0.4, -0.2) is 78.9 Å². The van der Waals surface area contributed by atoms with E-state index in [0.717, 1.165) is 32.7 Å². The van der Waals surface area contributed by atoms with Crippen LogP contribution in [0.1, 0.15) is 6.42 Å². The first kappa shape index (κ1) is 14.0. The highest BCUT2D eigenvalue weighted by atomic mass is 16.7. The zero-order valence-electron chi connectivity index (χ0n) is 10.7. The number of amides is 2. The number of aliphatic carboxylic acids is 1. The van der Waals surface area contributed by atoms with E-state index < -0.39 is 12.6 Å². The number of rotatable bonds is 4. The number of morpholine rings is 1. The second-order valence-electron chi connectivity index (χ2n) is 4.63. The van der Waals surface area contributed by atoms with Gasteiger partial charge < -0.3 is 14.7 Å². The summed E-state index contributed by atoms with van der Waals surface area (Å²) in [6, 6.07) is -0.0221. The molecule has 2 amide bonds. The maximum absolute atomic E-state index is 11.7. The van der Waals surface area contributed by atoms with Crippen molar-refractivity contribution in [2.24, 2.45) is 0 Å². The van der Waals surface area contributed by atoms with Gasteiger partial charge >= 0.3 is 12.0 Å². The molecule has 0 aromatic rings. The SMILES string of the molecule is O=C(O)CONC(=O)N1CCC(N2CCOCC2)C1. The molecule has 8 heteroatoms. The third-order valence-electron chi connectivity index (χ3n) is 3.37. The predicted molar refractivity (Wildman–Crippen MR) is 64.5 cm³/mol. The van der Waals surface area contributed by atoms with E-state index in [9.17, 15) is 9.59 Å². The van der Waals surface area contributed by atoms with Gasteiger partial charge in [-0.1, -0.05) is 0 Å². The minimum absolute atomic E-state index is 0.356.